The number of rotatable bonds is 3. The van der Waals surface area contributed by atoms with Crippen LogP contribution in [0, 0.1) is 0 Å². The first-order chi connectivity index (χ1) is 6.61. The van der Waals surface area contributed by atoms with Crippen molar-refractivity contribution in [2.45, 2.75) is 6.92 Å². The van der Waals surface area contributed by atoms with Crippen LogP contribution in [0.25, 0.3) is 0 Å². The Labute approximate surface area is 87.9 Å². The minimum Gasteiger partial charge on any atom is -0.477 e. The van der Waals surface area contributed by atoms with Gasteiger partial charge in [0.25, 0.3) is 0 Å². The fourth-order valence-electron chi connectivity index (χ4n) is 0.964. The maximum atomic E-state index is 10.8. The third kappa shape index (κ3) is 2.81. The molecule has 0 aliphatic carbocycles. The number of anilines is 1. The monoisotopic (exact) mass is 209 g/mol. The third-order valence-electron chi connectivity index (χ3n) is 1.62. The van der Waals surface area contributed by atoms with Gasteiger partial charge in [-0.3, -0.25) is 0 Å². The van der Waals surface area contributed by atoms with Gasteiger partial charge in [0.1, 0.15) is 5.70 Å². The normalized spacial score (nSPS) is 11.9. The van der Waals surface area contributed by atoms with E-state index in [2.05, 4.69) is 17.9 Å². The van der Waals surface area contributed by atoms with Gasteiger partial charge in [-0.05, 0) is 19.1 Å². The smallest absolute Gasteiger partial charge is 0.353 e. The molecule has 3 nitrogen and oxygen atoms in total. The van der Waals surface area contributed by atoms with Gasteiger partial charge in [0, 0.05) is 10.6 Å². The van der Waals surface area contributed by atoms with Crippen LogP contribution in [0.3, 0.4) is 0 Å². The summed E-state index contributed by atoms with van der Waals surface area (Å²) >= 11 is 4.00. The number of para-hydroxylation sites is 1. The second-order valence-corrected chi connectivity index (χ2v) is 3.43. The molecule has 0 heterocycles. The summed E-state index contributed by atoms with van der Waals surface area (Å²) in [5.74, 6) is -1.01. The summed E-state index contributed by atoms with van der Waals surface area (Å²) in [6.07, 6.45) is 0. The van der Waals surface area contributed by atoms with E-state index in [1.165, 1.54) is 0 Å². The first-order valence-electron chi connectivity index (χ1n) is 4.06. The van der Waals surface area contributed by atoms with E-state index in [-0.39, 0.29) is 5.70 Å². The first kappa shape index (κ1) is 10.7. The summed E-state index contributed by atoms with van der Waals surface area (Å²) in [6, 6.07) is 9.10. The predicted molar refractivity (Wildman–Crippen MR) is 59.4 cm³/mol. The van der Waals surface area contributed by atoms with Crippen molar-refractivity contribution in [2.24, 2.45) is 0 Å². The Hall–Kier alpha value is -1.42. The highest BCUT2D eigenvalue weighted by Crippen LogP contribution is 2.13. The molecule has 0 fully saturated rings. The minimum atomic E-state index is -1.01. The number of carbonyl (C=O) groups is 1. The van der Waals surface area contributed by atoms with Crippen LogP contribution < -0.4 is 5.32 Å². The second-order valence-electron chi connectivity index (χ2n) is 2.76. The summed E-state index contributed by atoms with van der Waals surface area (Å²) in [5, 5.41) is 11.6. The van der Waals surface area contributed by atoms with E-state index < -0.39 is 5.97 Å². The van der Waals surface area contributed by atoms with Crippen molar-refractivity contribution in [1.29, 1.82) is 0 Å². The Balaban J connectivity index is 2.87. The number of aliphatic carboxylic acids is 1. The Kier molecular flexibility index (Phi) is 3.59. The zero-order valence-electron chi connectivity index (χ0n) is 7.69. The zero-order chi connectivity index (χ0) is 10.6. The van der Waals surface area contributed by atoms with Crippen LogP contribution >= 0.6 is 12.6 Å². The minimum absolute atomic E-state index is 0.0968. The number of hydrogen-bond acceptors (Lipinski definition) is 3. The molecular formula is C10H11NO2S. The van der Waals surface area contributed by atoms with E-state index in [4.69, 9.17) is 5.11 Å². The molecule has 0 saturated carbocycles. The van der Waals surface area contributed by atoms with Gasteiger partial charge in [-0.15, -0.1) is 12.6 Å². The van der Waals surface area contributed by atoms with Crippen LogP contribution in [0.1, 0.15) is 6.92 Å². The van der Waals surface area contributed by atoms with Crippen LogP contribution in [-0.4, -0.2) is 11.1 Å². The fourth-order valence-corrected chi connectivity index (χ4v) is 1.12. The van der Waals surface area contributed by atoms with Crippen LogP contribution in [-0.2, 0) is 4.79 Å². The molecule has 0 aromatic heterocycles. The Bertz CT molecular complexity index is 356. The van der Waals surface area contributed by atoms with E-state index >= 15 is 0 Å². The molecule has 0 amide bonds. The van der Waals surface area contributed by atoms with Gasteiger partial charge in [0.05, 0.1) is 0 Å². The number of thiol groups is 1. The Morgan fingerprint density at radius 1 is 1.36 bits per heavy atom. The molecule has 1 rings (SSSR count). The average molecular weight is 209 g/mol. The Morgan fingerprint density at radius 3 is 2.36 bits per heavy atom. The molecule has 0 unspecified atom stereocenters. The van der Waals surface area contributed by atoms with Gasteiger partial charge < -0.3 is 10.4 Å². The number of hydrogen-bond donors (Lipinski definition) is 3. The quantitative estimate of drug-likeness (QED) is 0.529. The molecule has 0 aliphatic rings. The average Bonchev–Trinajstić information content (AvgIpc) is 2.15. The summed E-state index contributed by atoms with van der Waals surface area (Å²) in [5.41, 5.74) is 0.831. The van der Waals surface area contributed by atoms with Crippen molar-refractivity contribution in [3.05, 3.63) is 40.9 Å². The maximum Gasteiger partial charge on any atom is 0.353 e. The second kappa shape index (κ2) is 4.72. The molecule has 74 valence electrons. The molecule has 14 heavy (non-hydrogen) atoms. The van der Waals surface area contributed by atoms with Crippen molar-refractivity contribution in [3.8, 4) is 0 Å². The van der Waals surface area contributed by atoms with E-state index in [0.717, 1.165) is 5.69 Å². The summed E-state index contributed by atoms with van der Waals surface area (Å²) in [6.45, 7) is 1.63. The van der Waals surface area contributed by atoms with Crippen molar-refractivity contribution in [1.82, 2.24) is 0 Å². The van der Waals surface area contributed by atoms with E-state index in [1.54, 1.807) is 19.1 Å². The third-order valence-corrected chi connectivity index (χ3v) is 1.84. The molecule has 0 atom stereocenters. The molecule has 4 heteroatoms. The van der Waals surface area contributed by atoms with Gasteiger partial charge in [0.15, 0.2) is 0 Å². The lowest BCUT2D eigenvalue weighted by Crippen LogP contribution is -2.11. The summed E-state index contributed by atoms with van der Waals surface area (Å²) in [7, 11) is 0. The van der Waals surface area contributed by atoms with E-state index in [1.807, 2.05) is 18.2 Å². The molecule has 2 N–H and O–H groups in total. The lowest BCUT2D eigenvalue weighted by atomic mass is 10.3. The maximum absolute atomic E-state index is 10.8. The first-order valence-corrected chi connectivity index (χ1v) is 4.51. The summed E-state index contributed by atoms with van der Waals surface area (Å²) in [4.78, 5) is 11.2. The van der Waals surface area contributed by atoms with Crippen LogP contribution in [0.4, 0.5) is 5.69 Å². The highest BCUT2D eigenvalue weighted by Gasteiger charge is 2.09. The number of benzene rings is 1. The van der Waals surface area contributed by atoms with Crippen molar-refractivity contribution < 1.29 is 9.90 Å². The molecule has 0 bridgehead atoms. The van der Waals surface area contributed by atoms with Crippen LogP contribution in [0.15, 0.2) is 40.9 Å². The molecule has 0 saturated heterocycles. The van der Waals surface area contributed by atoms with Crippen molar-refractivity contribution in [3.63, 3.8) is 0 Å². The van der Waals surface area contributed by atoms with Gasteiger partial charge >= 0.3 is 5.97 Å². The number of allylic oxidation sites excluding steroid dienone is 1. The SMILES string of the molecule is CC(S)=C(Nc1ccccc1)C(=O)O. The number of carboxylic acids is 1. The van der Waals surface area contributed by atoms with Gasteiger partial charge in [-0.25, -0.2) is 4.79 Å². The number of nitrogens with one attached hydrogen (secondary N) is 1. The van der Waals surface area contributed by atoms with E-state index in [0.29, 0.717) is 4.91 Å². The standard InChI is InChI=1S/C10H11NO2S/c1-7(14)9(10(12)13)11-8-5-3-2-4-6-8/h2-6,11,14H,1H3,(H,12,13). The lowest BCUT2D eigenvalue weighted by Gasteiger charge is -2.07. The summed E-state index contributed by atoms with van der Waals surface area (Å²) < 4.78 is 0. The topological polar surface area (TPSA) is 49.3 Å². The van der Waals surface area contributed by atoms with Crippen LogP contribution in [0.5, 0.6) is 0 Å². The fraction of sp³-hybridized carbons (Fsp3) is 0.100. The van der Waals surface area contributed by atoms with Gasteiger partial charge in [-0.2, -0.15) is 0 Å². The molecular weight excluding hydrogens is 198 g/mol. The van der Waals surface area contributed by atoms with Crippen LogP contribution in [0.2, 0.25) is 0 Å². The van der Waals surface area contributed by atoms with Gasteiger partial charge in [-0.1, -0.05) is 18.2 Å². The lowest BCUT2D eigenvalue weighted by molar-refractivity contribution is -0.132. The zero-order valence-corrected chi connectivity index (χ0v) is 8.58. The predicted octanol–water partition coefficient (Wildman–Crippen LogP) is 2.34. The van der Waals surface area contributed by atoms with Crippen molar-refractivity contribution >= 4 is 24.3 Å². The van der Waals surface area contributed by atoms with E-state index in [9.17, 15) is 4.79 Å². The molecule has 0 radical (unpaired) electrons. The van der Waals surface area contributed by atoms with Gasteiger partial charge in [0.2, 0.25) is 0 Å². The highest BCUT2D eigenvalue weighted by molar-refractivity contribution is 7.84. The largest absolute Gasteiger partial charge is 0.477 e. The number of carboxylic acid groups (broad SMARTS) is 1. The molecule has 0 spiro atoms. The molecule has 0 aliphatic heterocycles. The highest BCUT2D eigenvalue weighted by atomic mass is 32.1. The Morgan fingerprint density at radius 2 is 1.93 bits per heavy atom. The molecule has 1 aromatic carbocycles. The van der Waals surface area contributed by atoms with Crippen molar-refractivity contribution in [2.75, 3.05) is 5.32 Å². The molecule has 1 aromatic rings.